The molecular formula is C13H17NO2. The molecule has 0 bridgehead atoms. The van der Waals surface area contributed by atoms with E-state index in [0.717, 1.165) is 17.9 Å². The Balaban J connectivity index is 2.02. The summed E-state index contributed by atoms with van der Waals surface area (Å²) in [6.45, 7) is 0. The molecule has 1 aliphatic carbocycles. The van der Waals surface area contributed by atoms with Crippen molar-refractivity contribution in [1.29, 1.82) is 0 Å². The Morgan fingerprint density at radius 3 is 2.75 bits per heavy atom. The van der Waals surface area contributed by atoms with Crippen molar-refractivity contribution in [1.82, 2.24) is 4.98 Å². The first kappa shape index (κ1) is 11.1. The molecule has 1 aromatic rings. The topological polar surface area (TPSA) is 50.2 Å². The Kier molecular flexibility index (Phi) is 3.54. The fraction of sp³-hybridized carbons (Fsp3) is 0.538. The average Bonchev–Trinajstić information content (AvgIpc) is 2.30. The van der Waals surface area contributed by atoms with Crippen LogP contribution < -0.4 is 0 Å². The average molecular weight is 219 g/mol. The lowest BCUT2D eigenvalue weighted by Gasteiger charge is -2.21. The number of aromatic nitrogens is 1. The Hall–Kier alpha value is -1.38. The molecular weight excluding hydrogens is 202 g/mol. The summed E-state index contributed by atoms with van der Waals surface area (Å²) < 4.78 is 0. The van der Waals surface area contributed by atoms with Gasteiger partial charge in [0.25, 0.3) is 0 Å². The van der Waals surface area contributed by atoms with Crippen LogP contribution in [-0.4, -0.2) is 16.1 Å². The number of carboxylic acid groups (broad SMARTS) is 1. The predicted molar refractivity (Wildman–Crippen MR) is 61.5 cm³/mol. The van der Waals surface area contributed by atoms with Gasteiger partial charge in [-0.05, 0) is 24.0 Å². The number of hydrogen-bond acceptors (Lipinski definition) is 2. The third kappa shape index (κ3) is 2.81. The molecule has 1 aliphatic rings. The standard InChI is InChI=1S/C13H17NO2/c15-13(16)12-7-11(8-14-9-12)6-10-4-2-1-3-5-10/h7-10H,1-6H2,(H,15,16). The summed E-state index contributed by atoms with van der Waals surface area (Å²) in [5, 5.41) is 8.88. The van der Waals surface area contributed by atoms with Gasteiger partial charge in [0.05, 0.1) is 5.56 Å². The van der Waals surface area contributed by atoms with E-state index in [-0.39, 0.29) is 0 Å². The van der Waals surface area contributed by atoms with Gasteiger partial charge in [-0.1, -0.05) is 32.1 Å². The molecule has 0 spiro atoms. The molecule has 1 saturated carbocycles. The maximum Gasteiger partial charge on any atom is 0.337 e. The maximum atomic E-state index is 10.8. The van der Waals surface area contributed by atoms with Gasteiger partial charge in [-0.25, -0.2) is 4.79 Å². The van der Waals surface area contributed by atoms with Crippen molar-refractivity contribution < 1.29 is 9.90 Å². The zero-order chi connectivity index (χ0) is 11.4. The van der Waals surface area contributed by atoms with Gasteiger partial charge in [-0.3, -0.25) is 4.98 Å². The van der Waals surface area contributed by atoms with Gasteiger partial charge < -0.3 is 5.11 Å². The van der Waals surface area contributed by atoms with Crippen LogP contribution in [-0.2, 0) is 6.42 Å². The van der Waals surface area contributed by atoms with Crippen LogP contribution in [0.4, 0.5) is 0 Å². The van der Waals surface area contributed by atoms with Crippen LogP contribution in [0.15, 0.2) is 18.5 Å². The molecule has 16 heavy (non-hydrogen) atoms. The number of aromatic carboxylic acids is 1. The third-order valence-corrected chi connectivity index (χ3v) is 3.29. The van der Waals surface area contributed by atoms with Gasteiger partial charge in [0.15, 0.2) is 0 Å². The number of carboxylic acids is 1. The summed E-state index contributed by atoms with van der Waals surface area (Å²) in [6.07, 6.45) is 10.7. The molecule has 0 aliphatic heterocycles. The van der Waals surface area contributed by atoms with E-state index >= 15 is 0 Å². The molecule has 1 N–H and O–H groups in total. The van der Waals surface area contributed by atoms with Crippen molar-refractivity contribution in [3.8, 4) is 0 Å². The Morgan fingerprint density at radius 2 is 2.06 bits per heavy atom. The van der Waals surface area contributed by atoms with Crippen LogP contribution >= 0.6 is 0 Å². The van der Waals surface area contributed by atoms with E-state index in [9.17, 15) is 4.79 Å². The van der Waals surface area contributed by atoms with Crippen molar-refractivity contribution in [2.75, 3.05) is 0 Å². The van der Waals surface area contributed by atoms with Crippen LogP contribution in [0.1, 0.15) is 48.0 Å². The minimum Gasteiger partial charge on any atom is -0.478 e. The normalized spacial score (nSPS) is 17.2. The molecule has 86 valence electrons. The summed E-state index contributed by atoms with van der Waals surface area (Å²) >= 11 is 0. The number of nitrogens with zero attached hydrogens (tertiary/aromatic N) is 1. The quantitative estimate of drug-likeness (QED) is 0.850. The van der Waals surface area contributed by atoms with Crippen LogP contribution in [0.5, 0.6) is 0 Å². The third-order valence-electron chi connectivity index (χ3n) is 3.29. The number of hydrogen-bond donors (Lipinski definition) is 1. The Labute approximate surface area is 95.5 Å². The van der Waals surface area contributed by atoms with Gasteiger partial charge >= 0.3 is 5.97 Å². The first-order chi connectivity index (χ1) is 7.75. The van der Waals surface area contributed by atoms with Crippen molar-refractivity contribution >= 4 is 5.97 Å². The summed E-state index contributed by atoms with van der Waals surface area (Å²) in [4.78, 5) is 14.8. The number of carbonyl (C=O) groups is 1. The van der Waals surface area contributed by atoms with E-state index in [4.69, 9.17) is 5.11 Å². The molecule has 3 heteroatoms. The van der Waals surface area contributed by atoms with Crippen LogP contribution in [0.2, 0.25) is 0 Å². The van der Waals surface area contributed by atoms with E-state index in [1.807, 2.05) is 0 Å². The molecule has 0 amide bonds. The lowest BCUT2D eigenvalue weighted by Crippen LogP contribution is -2.10. The lowest BCUT2D eigenvalue weighted by molar-refractivity contribution is 0.0696. The molecule has 1 heterocycles. The highest BCUT2D eigenvalue weighted by Gasteiger charge is 2.14. The van der Waals surface area contributed by atoms with Crippen LogP contribution in [0.25, 0.3) is 0 Å². The lowest BCUT2D eigenvalue weighted by atomic mass is 9.85. The molecule has 0 unspecified atom stereocenters. The van der Waals surface area contributed by atoms with E-state index in [1.165, 1.54) is 38.3 Å². The van der Waals surface area contributed by atoms with Crippen molar-refractivity contribution in [2.24, 2.45) is 5.92 Å². The van der Waals surface area contributed by atoms with Crippen LogP contribution in [0, 0.1) is 5.92 Å². The van der Waals surface area contributed by atoms with Gasteiger partial charge in [0, 0.05) is 12.4 Å². The SMILES string of the molecule is O=C(O)c1cncc(CC2CCCCC2)c1. The fourth-order valence-electron chi connectivity index (χ4n) is 2.44. The summed E-state index contributed by atoms with van der Waals surface area (Å²) in [5.74, 6) is -0.169. The van der Waals surface area contributed by atoms with Gasteiger partial charge in [0.1, 0.15) is 0 Å². The smallest absolute Gasteiger partial charge is 0.337 e. The highest BCUT2D eigenvalue weighted by atomic mass is 16.4. The predicted octanol–water partition coefficient (Wildman–Crippen LogP) is 2.90. The molecule has 1 fully saturated rings. The largest absolute Gasteiger partial charge is 0.478 e. The first-order valence-electron chi connectivity index (χ1n) is 5.93. The fourth-order valence-corrected chi connectivity index (χ4v) is 2.44. The first-order valence-corrected chi connectivity index (χ1v) is 5.93. The number of pyridine rings is 1. The van der Waals surface area contributed by atoms with E-state index in [0.29, 0.717) is 5.56 Å². The van der Waals surface area contributed by atoms with Gasteiger partial charge in [-0.2, -0.15) is 0 Å². The molecule has 0 aromatic carbocycles. The summed E-state index contributed by atoms with van der Waals surface area (Å²) in [6, 6.07) is 1.75. The minimum absolute atomic E-state index is 0.299. The monoisotopic (exact) mass is 219 g/mol. The second-order valence-electron chi connectivity index (χ2n) is 4.60. The van der Waals surface area contributed by atoms with Crippen molar-refractivity contribution in [3.05, 3.63) is 29.6 Å². The Bertz CT molecular complexity index is 370. The molecule has 0 radical (unpaired) electrons. The van der Waals surface area contributed by atoms with E-state index in [2.05, 4.69) is 4.98 Å². The van der Waals surface area contributed by atoms with E-state index in [1.54, 1.807) is 12.3 Å². The second kappa shape index (κ2) is 5.10. The Morgan fingerprint density at radius 1 is 1.31 bits per heavy atom. The molecule has 0 saturated heterocycles. The highest BCUT2D eigenvalue weighted by Crippen LogP contribution is 2.26. The molecule has 0 atom stereocenters. The maximum absolute atomic E-state index is 10.8. The van der Waals surface area contributed by atoms with Crippen molar-refractivity contribution in [3.63, 3.8) is 0 Å². The zero-order valence-electron chi connectivity index (χ0n) is 9.35. The van der Waals surface area contributed by atoms with Gasteiger partial charge in [-0.15, -0.1) is 0 Å². The minimum atomic E-state index is -0.891. The van der Waals surface area contributed by atoms with Crippen molar-refractivity contribution in [2.45, 2.75) is 38.5 Å². The molecule has 1 aromatic heterocycles. The number of rotatable bonds is 3. The van der Waals surface area contributed by atoms with E-state index < -0.39 is 5.97 Å². The summed E-state index contributed by atoms with van der Waals surface area (Å²) in [5.41, 5.74) is 1.36. The highest BCUT2D eigenvalue weighted by molar-refractivity contribution is 5.87. The van der Waals surface area contributed by atoms with Crippen LogP contribution in [0.3, 0.4) is 0 Å². The zero-order valence-corrected chi connectivity index (χ0v) is 9.35. The van der Waals surface area contributed by atoms with Gasteiger partial charge in [0.2, 0.25) is 0 Å². The summed E-state index contributed by atoms with van der Waals surface area (Å²) in [7, 11) is 0. The molecule has 2 rings (SSSR count). The second-order valence-corrected chi connectivity index (χ2v) is 4.60. The molecule has 3 nitrogen and oxygen atoms in total.